The molecule has 20 heavy (non-hydrogen) atoms. The van der Waals surface area contributed by atoms with Crippen LogP contribution in [0.25, 0.3) is 0 Å². The van der Waals surface area contributed by atoms with E-state index in [9.17, 15) is 0 Å². The molecule has 0 spiro atoms. The maximum atomic E-state index is 5.56. The lowest BCUT2D eigenvalue weighted by molar-refractivity contribution is 0.0764. The minimum Gasteiger partial charge on any atom is -0.491 e. The first-order chi connectivity index (χ1) is 9.84. The molecule has 2 aromatic carbocycles. The Labute approximate surface area is 120 Å². The van der Waals surface area contributed by atoms with E-state index in [1.165, 1.54) is 5.56 Å². The summed E-state index contributed by atoms with van der Waals surface area (Å²) in [5.41, 5.74) is 1.23. The fourth-order valence-corrected chi connectivity index (χ4v) is 1.69. The Kier molecular flexibility index (Phi) is 5.93. The Morgan fingerprint density at radius 2 is 1.20 bits per heavy atom. The van der Waals surface area contributed by atoms with E-state index in [1.807, 2.05) is 54.6 Å². The van der Waals surface area contributed by atoms with E-state index < -0.39 is 0 Å². The molecule has 0 aromatic heterocycles. The third-order valence-electron chi connectivity index (χ3n) is 2.76. The van der Waals surface area contributed by atoms with Crippen molar-refractivity contribution in [1.82, 2.24) is 0 Å². The molecule has 0 heterocycles. The lowest BCUT2D eigenvalue weighted by Gasteiger charge is -2.08. The predicted molar refractivity (Wildman–Crippen MR) is 79.4 cm³/mol. The fraction of sp³-hybridized carbons (Fsp3) is 0.294. The smallest absolute Gasteiger partial charge is 0.119 e. The average molecular weight is 272 g/mol. The van der Waals surface area contributed by atoms with Crippen LogP contribution in [-0.2, 0) is 4.74 Å². The zero-order chi connectivity index (χ0) is 14.0. The molecule has 0 aliphatic heterocycles. The maximum Gasteiger partial charge on any atom is 0.119 e. The van der Waals surface area contributed by atoms with Gasteiger partial charge in [0, 0.05) is 0 Å². The van der Waals surface area contributed by atoms with Crippen molar-refractivity contribution in [2.75, 3.05) is 26.4 Å². The summed E-state index contributed by atoms with van der Waals surface area (Å²) < 4.78 is 16.5. The molecule has 3 nitrogen and oxygen atoms in total. The summed E-state index contributed by atoms with van der Waals surface area (Å²) in [5, 5.41) is 0. The van der Waals surface area contributed by atoms with Crippen LogP contribution in [0.2, 0.25) is 0 Å². The van der Waals surface area contributed by atoms with Crippen molar-refractivity contribution in [1.29, 1.82) is 0 Å². The van der Waals surface area contributed by atoms with Crippen LogP contribution in [0.3, 0.4) is 0 Å². The molecule has 0 aliphatic carbocycles. The van der Waals surface area contributed by atoms with E-state index >= 15 is 0 Å². The SMILES string of the molecule is Cc1ccc(OCCOCCOc2ccccc2)cc1. The van der Waals surface area contributed by atoms with Gasteiger partial charge >= 0.3 is 0 Å². The van der Waals surface area contributed by atoms with Crippen LogP contribution in [0.15, 0.2) is 54.6 Å². The second-order valence-electron chi connectivity index (χ2n) is 4.44. The monoisotopic (exact) mass is 272 g/mol. The van der Waals surface area contributed by atoms with Gasteiger partial charge < -0.3 is 14.2 Å². The Morgan fingerprint density at radius 3 is 1.80 bits per heavy atom. The van der Waals surface area contributed by atoms with Gasteiger partial charge in [-0.2, -0.15) is 0 Å². The van der Waals surface area contributed by atoms with Crippen LogP contribution in [0.1, 0.15) is 5.56 Å². The van der Waals surface area contributed by atoms with Crippen molar-refractivity contribution in [2.45, 2.75) is 6.92 Å². The summed E-state index contributed by atoms with van der Waals surface area (Å²) in [4.78, 5) is 0. The molecule has 0 bridgehead atoms. The molecule has 0 amide bonds. The lowest BCUT2D eigenvalue weighted by Crippen LogP contribution is -2.12. The minimum absolute atomic E-state index is 0.550. The van der Waals surface area contributed by atoms with E-state index in [0.717, 1.165) is 11.5 Å². The first kappa shape index (κ1) is 14.4. The number of hydrogen-bond acceptors (Lipinski definition) is 3. The highest BCUT2D eigenvalue weighted by Crippen LogP contribution is 2.11. The van der Waals surface area contributed by atoms with Gasteiger partial charge in [-0.1, -0.05) is 35.9 Å². The van der Waals surface area contributed by atoms with Gasteiger partial charge in [-0.05, 0) is 31.2 Å². The highest BCUT2D eigenvalue weighted by molar-refractivity contribution is 5.26. The van der Waals surface area contributed by atoms with Crippen LogP contribution in [0.4, 0.5) is 0 Å². The summed E-state index contributed by atoms with van der Waals surface area (Å²) >= 11 is 0. The number of benzene rings is 2. The minimum atomic E-state index is 0.550. The maximum absolute atomic E-state index is 5.56. The Morgan fingerprint density at radius 1 is 0.650 bits per heavy atom. The molecule has 106 valence electrons. The Bertz CT molecular complexity index is 479. The molecule has 0 N–H and O–H groups in total. The topological polar surface area (TPSA) is 27.7 Å². The number of aryl methyl sites for hydroxylation is 1. The standard InChI is InChI=1S/C17H20O3/c1-15-7-9-17(10-8-15)20-14-12-18-11-13-19-16-5-3-2-4-6-16/h2-10H,11-14H2,1H3. The number of ether oxygens (including phenoxy) is 3. The largest absolute Gasteiger partial charge is 0.491 e. The number of rotatable bonds is 8. The zero-order valence-corrected chi connectivity index (χ0v) is 11.7. The summed E-state index contributed by atoms with van der Waals surface area (Å²) in [6, 6.07) is 17.7. The first-order valence-electron chi connectivity index (χ1n) is 6.79. The predicted octanol–water partition coefficient (Wildman–Crippen LogP) is 3.47. The molecule has 2 aromatic rings. The molecule has 0 fully saturated rings. The third-order valence-corrected chi connectivity index (χ3v) is 2.76. The molecule has 0 atom stereocenters. The van der Waals surface area contributed by atoms with Gasteiger partial charge in [0.1, 0.15) is 24.7 Å². The molecule has 2 rings (SSSR count). The number of para-hydroxylation sites is 1. The summed E-state index contributed by atoms with van der Waals surface area (Å²) in [7, 11) is 0. The van der Waals surface area contributed by atoms with E-state index in [4.69, 9.17) is 14.2 Å². The van der Waals surface area contributed by atoms with Crippen molar-refractivity contribution in [2.24, 2.45) is 0 Å². The van der Waals surface area contributed by atoms with Crippen LogP contribution < -0.4 is 9.47 Å². The lowest BCUT2D eigenvalue weighted by atomic mass is 10.2. The fourth-order valence-electron chi connectivity index (χ4n) is 1.69. The molecule has 0 unspecified atom stereocenters. The van der Waals surface area contributed by atoms with Crippen molar-refractivity contribution in [3.8, 4) is 11.5 Å². The summed E-state index contributed by atoms with van der Waals surface area (Å²) in [6.45, 7) is 4.28. The Balaban J connectivity index is 1.51. The summed E-state index contributed by atoms with van der Waals surface area (Å²) in [6.07, 6.45) is 0. The van der Waals surface area contributed by atoms with Crippen molar-refractivity contribution in [3.63, 3.8) is 0 Å². The first-order valence-corrected chi connectivity index (χ1v) is 6.79. The van der Waals surface area contributed by atoms with Gasteiger partial charge in [0.15, 0.2) is 0 Å². The molecule has 0 aliphatic rings. The molecular weight excluding hydrogens is 252 g/mol. The second kappa shape index (κ2) is 8.23. The molecule has 0 radical (unpaired) electrons. The van der Waals surface area contributed by atoms with Gasteiger partial charge in [-0.15, -0.1) is 0 Å². The van der Waals surface area contributed by atoms with Crippen LogP contribution in [-0.4, -0.2) is 26.4 Å². The van der Waals surface area contributed by atoms with E-state index in [-0.39, 0.29) is 0 Å². The molecule has 0 saturated carbocycles. The molecule has 3 heteroatoms. The summed E-state index contributed by atoms with van der Waals surface area (Å²) in [5.74, 6) is 1.74. The highest BCUT2D eigenvalue weighted by atomic mass is 16.5. The van der Waals surface area contributed by atoms with E-state index in [2.05, 4.69) is 6.92 Å². The van der Waals surface area contributed by atoms with Gasteiger partial charge in [0.2, 0.25) is 0 Å². The van der Waals surface area contributed by atoms with Gasteiger partial charge in [-0.25, -0.2) is 0 Å². The van der Waals surface area contributed by atoms with Gasteiger partial charge in [0.25, 0.3) is 0 Å². The van der Waals surface area contributed by atoms with Crippen LogP contribution in [0.5, 0.6) is 11.5 Å². The number of hydrogen-bond donors (Lipinski definition) is 0. The average Bonchev–Trinajstić information content (AvgIpc) is 2.49. The van der Waals surface area contributed by atoms with E-state index in [0.29, 0.717) is 26.4 Å². The zero-order valence-electron chi connectivity index (χ0n) is 11.7. The third kappa shape index (κ3) is 5.33. The van der Waals surface area contributed by atoms with Gasteiger partial charge in [-0.3, -0.25) is 0 Å². The Hall–Kier alpha value is -2.00. The van der Waals surface area contributed by atoms with Crippen LogP contribution >= 0.6 is 0 Å². The van der Waals surface area contributed by atoms with Crippen molar-refractivity contribution < 1.29 is 14.2 Å². The second-order valence-corrected chi connectivity index (χ2v) is 4.44. The van der Waals surface area contributed by atoms with Crippen molar-refractivity contribution in [3.05, 3.63) is 60.2 Å². The molecule has 0 saturated heterocycles. The molecular formula is C17H20O3. The quantitative estimate of drug-likeness (QED) is 0.689. The van der Waals surface area contributed by atoms with E-state index in [1.54, 1.807) is 0 Å². The normalized spacial score (nSPS) is 10.2. The van der Waals surface area contributed by atoms with Crippen LogP contribution in [0, 0.1) is 6.92 Å². The van der Waals surface area contributed by atoms with Gasteiger partial charge in [0.05, 0.1) is 13.2 Å². The highest BCUT2D eigenvalue weighted by Gasteiger charge is 1.95. The van der Waals surface area contributed by atoms with Crippen molar-refractivity contribution >= 4 is 0 Å².